The van der Waals surface area contributed by atoms with Gasteiger partial charge in [0.15, 0.2) is 15.6 Å². The number of ether oxygens (including phenoxy) is 1. The van der Waals surface area contributed by atoms with Gasteiger partial charge in [0.1, 0.15) is 11.1 Å². The molecule has 7 nitrogen and oxygen atoms in total. The Morgan fingerprint density at radius 3 is 2.58 bits per heavy atom. The maximum atomic E-state index is 13.3. The lowest BCUT2D eigenvalue weighted by molar-refractivity contribution is -0.137. The van der Waals surface area contributed by atoms with Gasteiger partial charge in [-0.3, -0.25) is 4.79 Å². The van der Waals surface area contributed by atoms with Gasteiger partial charge in [0, 0.05) is 18.1 Å². The molecular formula is C21H14F3N3O4S2. The molecule has 33 heavy (non-hydrogen) atoms. The highest BCUT2D eigenvalue weighted by Crippen LogP contribution is 2.35. The number of fused-ring (bicyclic) bond motifs is 1. The first kappa shape index (κ1) is 22.7. The summed E-state index contributed by atoms with van der Waals surface area (Å²) < 4.78 is 69.8. The molecule has 0 atom stereocenters. The maximum Gasteiger partial charge on any atom is 0.417 e. The summed E-state index contributed by atoms with van der Waals surface area (Å²) in [5, 5.41) is 2.40. The van der Waals surface area contributed by atoms with Crippen molar-refractivity contribution < 1.29 is 31.1 Å². The first-order valence-corrected chi connectivity index (χ1v) is 12.0. The second-order valence-electron chi connectivity index (χ2n) is 6.89. The van der Waals surface area contributed by atoms with E-state index in [1.165, 1.54) is 35.6 Å². The van der Waals surface area contributed by atoms with E-state index in [0.29, 0.717) is 17.8 Å². The molecule has 2 aromatic carbocycles. The minimum atomic E-state index is -4.74. The van der Waals surface area contributed by atoms with Gasteiger partial charge in [-0.05, 0) is 36.4 Å². The van der Waals surface area contributed by atoms with Gasteiger partial charge in [0.25, 0.3) is 5.91 Å². The van der Waals surface area contributed by atoms with Crippen molar-refractivity contribution in [3.05, 3.63) is 71.4 Å². The topological polar surface area (TPSA) is 98.2 Å². The third-order valence-electron chi connectivity index (χ3n) is 4.47. The molecule has 0 aliphatic rings. The summed E-state index contributed by atoms with van der Waals surface area (Å²) in [5.74, 6) is -1.10. The normalized spacial score (nSPS) is 12.0. The van der Waals surface area contributed by atoms with Crippen molar-refractivity contribution in [2.75, 3.05) is 11.6 Å². The van der Waals surface area contributed by atoms with Crippen LogP contribution in [0.1, 0.15) is 15.9 Å². The molecule has 4 rings (SSSR count). The van der Waals surface area contributed by atoms with E-state index < -0.39 is 33.0 Å². The molecule has 0 radical (unpaired) electrons. The minimum Gasteiger partial charge on any atom is -0.436 e. The zero-order valence-corrected chi connectivity index (χ0v) is 18.4. The van der Waals surface area contributed by atoms with Crippen LogP contribution in [0.15, 0.2) is 65.1 Å². The quantitative estimate of drug-likeness (QED) is 0.413. The first-order valence-electron chi connectivity index (χ1n) is 9.21. The number of carbonyl (C=O) groups is 1. The predicted octanol–water partition coefficient (Wildman–Crippen LogP) is 5.16. The molecule has 0 fully saturated rings. The Labute approximate surface area is 189 Å². The van der Waals surface area contributed by atoms with E-state index in [1.54, 1.807) is 23.7 Å². The molecule has 2 heterocycles. The second kappa shape index (κ2) is 8.45. The van der Waals surface area contributed by atoms with Crippen molar-refractivity contribution in [1.29, 1.82) is 0 Å². The smallest absolute Gasteiger partial charge is 0.417 e. The number of para-hydroxylation sites is 1. The number of carbonyl (C=O) groups excluding carboxylic acids is 1. The number of rotatable bonds is 5. The molecule has 1 amide bonds. The molecule has 4 aromatic rings. The highest BCUT2D eigenvalue weighted by atomic mass is 32.2. The molecule has 2 aromatic heterocycles. The number of sulfone groups is 1. The fourth-order valence-corrected chi connectivity index (χ4v) is 4.26. The van der Waals surface area contributed by atoms with Crippen molar-refractivity contribution >= 4 is 43.0 Å². The number of aromatic nitrogens is 2. The van der Waals surface area contributed by atoms with Gasteiger partial charge in [-0.25, -0.2) is 18.4 Å². The van der Waals surface area contributed by atoms with Gasteiger partial charge in [-0.15, -0.1) is 11.3 Å². The number of alkyl halides is 3. The molecule has 1 N–H and O–H groups in total. The Kier molecular flexibility index (Phi) is 5.80. The Morgan fingerprint density at radius 1 is 1.09 bits per heavy atom. The number of halogens is 3. The number of thiazole rings is 1. The highest BCUT2D eigenvalue weighted by Gasteiger charge is 2.33. The Bertz CT molecular complexity index is 1470. The molecule has 170 valence electrons. The average Bonchev–Trinajstić information content (AvgIpc) is 3.23. The van der Waals surface area contributed by atoms with Crippen LogP contribution in [-0.2, 0) is 16.0 Å². The Balaban J connectivity index is 1.74. The zero-order chi connectivity index (χ0) is 23.8. The number of nitrogens with one attached hydrogen (secondary N) is 1. The summed E-state index contributed by atoms with van der Waals surface area (Å²) in [6.45, 7) is 0. The average molecular weight is 493 g/mol. The largest absolute Gasteiger partial charge is 0.436 e. The van der Waals surface area contributed by atoms with Gasteiger partial charge in [0.2, 0.25) is 5.88 Å². The molecular weight excluding hydrogens is 479 g/mol. The van der Waals surface area contributed by atoms with Crippen LogP contribution in [0, 0.1) is 0 Å². The van der Waals surface area contributed by atoms with Crippen molar-refractivity contribution in [2.24, 2.45) is 0 Å². The van der Waals surface area contributed by atoms with Crippen LogP contribution in [0.2, 0.25) is 0 Å². The summed E-state index contributed by atoms with van der Waals surface area (Å²) in [4.78, 5) is 20.8. The number of pyridine rings is 1. The van der Waals surface area contributed by atoms with Crippen LogP contribution >= 0.6 is 11.3 Å². The van der Waals surface area contributed by atoms with Crippen LogP contribution in [0.3, 0.4) is 0 Å². The van der Waals surface area contributed by atoms with Crippen molar-refractivity contribution in [3.63, 3.8) is 0 Å². The van der Waals surface area contributed by atoms with Gasteiger partial charge < -0.3 is 10.1 Å². The fraction of sp³-hybridized carbons (Fsp3) is 0.0952. The van der Waals surface area contributed by atoms with E-state index in [2.05, 4.69) is 15.3 Å². The summed E-state index contributed by atoms with van der Waals surface area (Å²) in [6, 6.07) is 11.0. The lowest BCUT2D eigenvalue weighted by atomic mass is 10.1. The molecule has 0 spiro atoms. The van der Waals surface area contributed by atoms with E-state index in [4.69, 9.17) is 4.74 Å². The van der Waals surface area contributed by atoms with E-state index in [-0.39, 0.29) is 22.2 Å². The van der Waals surface area contributed by atoms with Crippen LogP contribution < -0.4 is 10.1 Å². The van der Waals surface area contributed by atoms with Crippen molar-refractivity contribution in [3.8, 4) is 11.6 Å². The Hall–Kier alpha value is -3.51. The molecule has 0 saturated heterocycles. The lowest BCUT2D eigenvalue weighted by Crippen LogP contribution is -2.16. The maximum absolute atomic E-state index is 13.3. The number of benzene rings is 2. The van der Waals surface area contributed by atoms with E-state index in [1.807, 2.05) is 0 Å². The zero-order valence-electron chi connectivity index (χ0n) is 16.8. The lowest BCUT2D eigenvalue weighted by Gasteiger charge is -2.14. The summed E-state index contributed by atoms with van der Waals surface area (Å²) in [6.07, 6.45) is -3.18. The molecule has 0 unspecified atom stereocenters. The summed E-state index contributed by atoms with van der Waals surface area (Å²) >= 11 is 1.34. The minimum absolute atomic E-state index is 0.0610. The number of nitrogens with zero attached hydrogens (tertiary/aromatic N) is 2. The predicted molar refractivity (Wildman–Crippen MR) is 116 cm³/mol. The molecule has 0 saturated carbocycles. The molecule has 0 aliphatic heterocycles. The van der Waals surface area contributed by atoms with Gasteiger partial charge in [-0.2, -0.15) is 13.2 Å². The molecule has 0 aliphatic carbocycles. The number of hydrogen-bond acceptors (Lipinski definition) is 7. The molecule has 0 bridgehead atoms. The SMILES string of the molecule is CS(=O)(=O)c1cccc(NC(=O)c2cc(C(F)(F)F)cnc2Oc2cccc3scnc23)c1. The van der Waals surface area contributed by atoms with Gasteiger partial charge in [-0.1, -0.05) is 12.1 Å². The number of anilines is 1. The second-order valence-corrected chi connectivity index (χ2v) is 9.79. The number of amides is 1. The Morgan fingerprint density at radius 2 is 1.85 bits per heavy atom. The van der Waals surface area contributed by atoms with Crippen molar-refractivity contribution in [2.45, 2.75) is 11.1 Å². The third-order valence-corrected chi connectivity index (χ3v) is 6.38. The highest BCUT2D eigenvalue weighted by molar-refractivity contribution is 7.90. The van der Waals surface area contributed by atoms with Crippen LogP contribution in [0.25, 0.3) is 10.2 Å². The fourth-order valence-electron chi connectivity index (χ4n) is 2.90. The van der Waals surface area contributed by atoms with Crippen LogP contribution in [-0.4, -0.2) is 30.5 Å². The first-order chi connectivity index (χ1) is 15.5. The van der Waals surface area contributed by atoms with Crippen molar-refractivity contribution in [1.82, 2.24) is 9.97 Å². The van der Waals surface area contributed by atoms with Crippen LogP contribution in [0.4, 0.5) is 18.9 Å². The van der Waals surface area contributed by atoms with Gasteiger partial charge >= 0.3 is 6.18 Å². The van der Waals surface area contributed by atoms with E-state index in [9.17, 15) is 26.4 Å². The summed E-state index contributed by atoms with van der Waals surface area (Å²) in [5.41, 5.74) is 0.503. The van der Waals surface area contributed by atoms with E-state index in [0.717, 1.165) is 11.0 Å². The van der Waals surface area contributed by atoms with Gasteiger partial charge in [0.05, 0.1) is 20.7 Å². The standard InChI is InChI=1S/C21H14F3N3O4S2/c1-33(29,30)14-5-2-4-13(9-14)27-19(28)15-8-12(21(22,23)24)10-25-20(15)31-16-6-3-7-17-18(16)26-11-32-17/h2-11H,1H3,(H,27,28). The summed E-state index contributed by atoms with van der Waals surface area (Å²) in [7, 11) is -3.56. The number of hydrogen-bond donors (Lipinski definition) is 1. The molecule has 12 heteroatoms. The van der Waals surface area contributed by atoms with Crippen LogP contribution in [0.5, 0.6) is 11.6 Å². The monoisotopic (exact) mass is 493 g/mol. The van der Waals surface area contributed by atoms with E-state index >= 15 is 0 Å². The third kappa shape index (κ3) is 4.96.